The fourth-order valence-corrected chi connectivity index (χ4v) is 1.37. The van der Waals surface area contributed by atoms with Crippen LogP contribution in [-0.2, 0) is 0 Å². The number of phenols is 2. The Morgan fingerprint density at radius 1 is 1.31 bits per heavy atom. The van der Waals surface area contributed by atoms with Gasteiger partial charge in [-0.2, -0.15) is 0 Å². The lowest BCUT2D eigenvalue weighted by Crippen LogP contribution is -1.98. The number of aromatic hydroxyl groups is 2. The smallest absolute Gasteiger partial charge is 0.167 e. The lowest BCUT2D eigenvalue weighted by molar-refractivity contribution is 0.101. The van der Waals surface area contributed by atoms with E-state index in [1.807, 2.05) is 6.92 Å². The molecule has 1 aromatic rings. The highest BCUT2D eigenvalue weighted by Gasteiger charge is 2.14. The van der Waals surface area contributed by atoms with Crippen LogP contribution in [0.4, 0.5) is 0 Å². The Hall–Kier alpha value is -1.71. The first-order valence-electron chi connectivity index (χ1n) is 5.26. The van der Waals surface area contributed by atoms with Crippen molar-refractivity contribution in [2.45, 2.75) is 26.7 Å². The van der Waals surface area contributed by atoms with Gasteiger partial charge in [0.2, 0.25) is 0 Å². The Labute approximate surface area is 94.5 Å². The van der Waals surface area contributed by atoms with E-state index >= 15 is 0 Å². The number of ketones is 1. The molecular formula is C12H16O4. The highest BCUT2D eigenvalue weighted by atomic mass is 16.5. The van der Waals surface area contributed by atoms with Crippen molar-refractivity contribution in [2.75, 3.05) is 6.61 Å². The van der Waals surface area contributed by atoms with Crippen LogP contribution in [0.3, 0.4) is 0 Å². The third-order valence-electron chi connectivity index (χ3n) is 2.19. The zero-order valence-corrected chi connectivity index (χ0v) is 9.49. The number of phenolic OH excluding ortho intramolecular Hbond substituents is 2. The summed E-state index contributed by atoms with van der Waals surface area (Å²) in [6.07, 6.45) is 1.90. The SMILES string of the molecule is CCCCOc1cc(O)c(C(C)=O)c(O)c1. The first kappa shape index (κ1) is 12.4. The molecule has 1 rings (SSSR count). The molecule has 4 nitrogen and oxygen atoms in total. The van der Waals surface area contributed by atoms with Crippen LogP contribution < -0.4 is 4.74 Å². The van der Waals surface area contributed by atoms with Crippen molar-refractivity contribution in [3.8, 4) is 17.2 Å². The van der Waals surface area contributed by atoms with Crippen LogP contribution in [0.25, 0.3) is 0 Å². The standard InChI is InChI=1S/C12H16O4/c1-3-4-5-16-9-6-10(14)12(8(2)13)11(15)7-9/h6-7,14-15H,3-5H2,1-2H3. The highest BCUT2D eigenvalue weighted by Crippen LogP contribution is 2.32. The zero-order valence-electron chi connectivity index (χ0n) is 9.49. The molecule has 1 aromatic carbocycles. The van der Waals surface area contributed by atoms with Gasteiger partial charge in [0.25, 0.3) is 0 Å². The molecule has 0 aliphatic heterocycles. The van der Waals surface area contributed by atoms with E-state index < -0.39 is 0 Å². The van der Waals surface area contributed by atoms with Crippen molar-refractivity contribution in [3.05, 3.63) is 17.7 Å². The minimum atomic E-state index is -0.380. The molecule has 0 amide bonds. The second-order valence-electron chi connectivity index (χ2n) is 3.59. The molecule has 0 aliphatic carbocycles. The van der Waals surface area contributed by atoms with Gasteiger partial charge in [0.15, 0.2) is 5.78 Å². The van der Waals surface area contributed by atoms with Crippen molar-refractivity contribution in [1.29, 1.82) is 0 Å². The largest absolute Gasteiger partial charge is 0.507 e. The summed E-state index contributed by atoms with van der Waals surface area (Å²) < 4.78 is 5.31. The van der Waals surface area contributed by atoms with Crippen LogP contribution in [0, 0.1) is 0 Å². The Morgan fingerprint density at radius 2 is 1.88 bits per heavy atom. The number of benzene rings is 1. The molecule has 0 bridgehead atoms. The molecule has 0 radical (unpaired) electrons. The van der Waals surface area contributed by atoms with Crippen LogP contribution in [0.5, 0.6) is 17.2 Å². The molecule has 0 saturated heterocycles. The summed E-state index contributed by atoms with van der Waals surface area (Å²) in [4.78, 5) is 11.1. The van der Waals surface area contributed by atoms with Crippen LogP contribution in [-0.4, -0.2) is 22.6 Å². The van der Waals surface area contributed by atoms with E-state index in [4.69, 9.17) is 4.74 Å². The minimum Gasteiger partial charge on any atom is -0.507 e. The van der Waals surface area contributed by atoms with Crippen molar-refractivity contribution < 1.29 is 19.7 Å². The molecule has 4 heteroatoms. The van der Waals surface area contributed by atoms with Crippen molar-refractivity contribution in [3.63, 3.8) is 0 Å². The number of unbranched alkanes of at least 4 members (excludes halogenated alkanes) is 1. The summed E-state index contributed by atoms with van der Waals surface area (Å²) in [5, 5.41) is 19.1. The summed E-state index contributed by atoms with van der Waals surface area (Å²) in [7, 11) is 0. The normalized spacial score (nSPS) is 10.1. The molecule has 88 valence electrons. The molecule has 0 spiro atoms. The third kappa shape index (κ3) is 2.89. The maximum Gasteiger partial charge on any atom is 0.167 e. The number of rotatable bonds is 5. The molecule has 0 heterocycles. The van der Waals surface area contributed by atoms with Crippen LogP contribution in [0.15, 0.2) is 12.1 Å². The quantitative estimate of drug-likeness (QED) is 0.595. The molecule has 0 atom stereocenters. The second-order valence-corrected chi connectivity index (χ2v) is 3.59. The Balaban J connectivity index is 2.87. The van der Waals surface area contributed by atoms with E-state index in [0.29, 0.717) is 12.4 Å². The predicted molar refractivity (Wildman–Crippen MR) is 60.2 cm³/mol. The molecule has 0 saturated carbocycles. The van der Waals surface area contributed by atoms with E-state index in [-0.39, 0.29) is 22.8 Å². The van der Waals surface area contributed by atoms with Gasteiger partial charge >= 0.3 is 0 Å². The van der Waals surface area contributed by atoms with Gasteiger partial charge in [0.1, 0.15) is 22.8 Å². The topological polar surface area (TPSA) is 66.8 Å². The van der Waals surface area contributed by atoms with Gasteiger partial charge in [0.05, 0.1) is 6.61 Å². The molecule has 0 aromatic heterocycles. The van der Waals surface area contributed by atoms with Crippen LogP contribution in [0.1, 0.15) is 37.0 Å². The number of Topliss-reactive ketones (excluding diaryl/α,β-unsaturated/α-hetero) is 1. The summed E-state index contributed by atoms with van der Waals surface area (Å²) in [6.45, 7) is 3.85. The first-order chi connectivity index (χ1) is 7.56. The number of ether oxygens (including phenoxy) is 1. The Kier molecular flexibility index (Phi) is 4.17. The number of hydrogen-bond donors (Lipinski definition) is 2. The fourth-order valence-electron chi connectivity index (χ4n) is 1.37. The average Bonchev–Trinajstić information content (AvgIpc) is 2.16. The summed E-state index contributed by atoms with van der Waals surface area (Å²) in [5.41, 5.74) is -0.0668. The Bertz CT molecular complexity index is 362. The van der Waals surface area contributed by atoms with E-state index in [0.717, 1.165) is 12.8 Å². The maximum absolute atomic E-state index is 11.1. The predicted octanol–water partition coefficient (Wildman–Crippen LogP) is 2.48. The van der Waals surface area contributed by atoms with Gasteiger partial charge in [-0.1, -0.05) is 13.3 Å². The average molecular weight is 224 g/mol. The first-order valence-corrected chi connectivity index (χ1v) is 5.26. The summed E-state index contributed by atoms with van der Waals surface area (Å²) in [6, 6.07) is 2.68. The zero-order chi connectivity index (χ0) is 12.1. The van der Waals surface area contributed by atoms with E-state index in [1.165, 1.54) is 19.1 Å². The number of carbonyl (C=O) groups is 1. The molecule has 0 aliphatic rings. The lowest BCUT2D eigenvalue weighted by atomic mass is 10.1. The third-order valence-corrected chi connectivity index (χ3v) is 2.19. The number of hydrogen-bond acceptors (Lipinski definition) is 4. The van der Waals surface area contributed by atoms with Crippen molar-refractivity contribution in [2.24, 2.45) is 0 Å². The minimum absolute atomic E-state index is 0.0668. The van der Waals surface area contributed by atoms with Gasteiger partial charge in [-0.05, 0) is 13.3 Å². The number of carbonyl (C=O) groups excluding carboxylic acids is 1. The van der Waals surface area contributed by atoms with Gasteiger partial charge in [-0.15, -0.1) is 0 Å². The summed E-state index contributed by atoms with van der Waals surface area (Å²) in [5.74, 6) is -0.512. The maximum atomic E-state index is 11.1. The van der Waals surface area contributed by atoms with Crippen molar-refractivity contribution >= 4 is 5.78 Å². The molecule has 0 unspecified atom stereocenters. The van der Waals surface area contributed by atoms with E-state index in [1.54, 1.807) is 0 Å². The molecule has 2 N–H and O–H groups in total. The van der Waals surface area contributed by atoms with Gasteiger partial charge in [-0.25, -0.2) is 0 Å². The Morgan fingerprint density at radius 3 is 2.31 bits per heavy atom. The van der Waals surface area contributed by atoms with Gasteiger partial charge in [0, 0.05) is 12.1 Å². The van der Waals surface area contributed by atoms with E-state index in [2.05, 4.69) is 0 Å². The molecule has 16 heavy (non-hydrogen) atoms. The molecular weight excluding hydrogens is 208 g/mol. The monoisotopic (exact) mass is 224 g/mol. The van der Waals surface area contributed by atoms with Crippen LogP contribution >= 0.6 is 0 Å². The summed E-state index contributed by atoms with van der Waals surface area (Å²) >= 11 is 0. The van der Waals surface area contributed by atoms with Crippen LogP contribution in [0.2, 0.25) is 0 Å². The van der Waals surface area contributed by atoms with Gasteiger partial charge in [-0.3, -0.25) is 4.79 Å². The lowest BCUT2D eigenvalue weighted by Gasteiger charge is -2.09. The van der Waals surface area contributed by atoms with Gasteiger partial charge < -0.3 is 14.9 Å². The van der Waals surface area contributed by atoms with Crippen molar-refractivity contribution in [1.82, 2.24) is 0 Å². The highest BCUT2D eigenvalue weighted by molar-refractivity contribution is 5.99. The second kappa shape index (κ2) is 5.39. The molecule has 0 fully saturated rings. The van der Waals surface area contributed by atoms with E-state index in [9.17, 15) is 15.0 Å². The fraction of sp³-hybridized carbons (Fsp3) is 0.417.